The number of ketones is 1. The van der Waals surface area contributed by atoms with E-state index in [0.29, 0.717) is 11.8 Å². The van der Waals surface area contributed by atoms with E-state index >= 15 is 0 Å². The third kappa shape index (κ3) is 4.05. The van der Waals surface area contributed by atoms with Crippen LogP contribution in [0.25, 0.3) is 5.13 Å². The third-order valence-corrected chi connectivity index (χ3v) is 7.52. The fraction of sp³-hybridized carbons (Fsp3) is 0.524. The van der Waals surface area contributed by atoms with Gasteiger partial charge in [0.05, 0.1) is 11.4 Å². The molecule has 1 aliphatic rings. The average Bonchev–Trinajstić information content (AvgIpc) is 3.38. The van der Waals surface area contributed by atoms with Crippen molar-refractivity contribution in [1.82, 2.24) is 24.3 Å². The van der Waals surface area contributed by atoms with Crippen molar-refractivity contribution in [1.29, 1.82) is 0 Å². The van der Waals surface area contributed by atoms with Crippen LogP contribution in [0.2, 0.25) is 0 Å². The molecule has 154 valence electrons. The first-order chi connectivity index (χ1) is 14.0. The van der Waals surface area contributed by atoms with E-state index in [1.807, 2.05) is 39.1 Å². The Morgan fingerprint density at radius 2 is 1.93 bits per heavy atom. The Hall–Kier alpha value is -1.93. The second-order valence-corrected chi connectivity index (χ2v) is 9.57. The molecule has 0 spiro atoms. The van der Waals surface area contributed by atoms with Crippen molar-refractivity contribution in [3.8, 4) is 5.13 Å². The van der Waals surface area contributed by atoms with E-state index in [4.69, 9.17) is 0 Å². The highest BCUT2D eigenvalue weighted by atomic mass is 32.2. The molecule has 0 atom stereocenters. The number of aromatic nitrogens is 5. The van der Waals surface area contributed by atoms with Crippen molar-refractivity contribution >= 4 is 28.9 Å². The maximum atomic E-state index is 13.0. The predicted octanol–water partition coefficient (Wildman–Crippen LogP) is 5.24. The molecule has 0 amide bonds. The molecule has 3 aromatic rings. The van der Waals surface area contributed by atoms with Crippen molar-refractivity contribution in [3.63, 3.8) is 0 Å². The Morgan fingerprint density at radius 3 is 2.62 bits per heavy atom. The molecular weight excluding hydrogens is 402 g/mol. The van der Waals surface area contributed by atoms with Crippen molar-refractivity contribution in [2.24, 2.45) is 0 Å². The minimum atomic E-state index is 0.124. The van der Waals surface area contributed by atoms with Crippen LogP contribution in [0.1, 0.15) is 71.4 Å². The van der Waals surface area contributed by atoms with Crippen molar-refractivity contribution < 1.29 is 4.79 Å². The zero-order chi connectivity index (χ0) is 20.5. The highest BCUT2D eigenvalue weighted by molar-refractivity contribution is 7.99. The summed E-state index contributed by atoms with van der Waals surface area (Å²) in [5.74, 6) is 1.44. The van der Waals surface area contributed by atoms with E-state index < -0.39 is 0 Å². The quantitative estimate of drug-likeness (QED) is 0.396. The van der Waals surface area contributed by atoms with Crippen molar-refractivity contribution in [2.75, 3.05) is 5.75 Å². The fourth-order valence-corrected chi connectivity index (χ4v) is 6.05. The Kier molecular flexibility index (Phi) is 5.92. The van der Waals surface area contributed by atoms with Gasteiger partial charge in [-0.05, 0) is 46.6 Å². The molecule has 4 rings (SSSR count). The fourth-order valence-electron chi connectivity index (χ4n) is 4.20. The van der Waals surface area contributed by atoms with Gasteiger partial charge in [-0.25, -0.2) is 4.98 Å². The SMILES string of the molecule is Cc1csc(-n2c(C)cc(C(=O)CSc3nnc(C)n3C3CCCCC3)c2C)n1. The highest BCUT2D eigenvalue weighted by Crippen LogP contribution is 2.33. The van der Waals surface area contributed by atoms with E-state index in [-0.39, 0.29) is 5.78 Å². The second-order valence-electron chi connectivity index (χ2n) is 7.80. The number of thiazole rings is 1. The summed E-state index contributed by atoms with van der Waals surface area (Å²) in [6.07, 6.45) is 6.18. The maximum Gasteiger partial charge on any atom is 0.194 e. The number of aryl methyl sites for hydroxylation is 3. The summed E-state index contributed by atoms with van der Waals surface area (Å²) in [5, 5.41) is 12.5. The number of hydrogen-bond acceptors (Lipinski definition) is 6. The Bertz CT molecular complexity index is 1030. The van der Waals surface area contributed by atoms with Gasteiger partial charge in [0.25, 0.3) is 0 Å². The van der Waals surface area contributed by atoms with Gasteiger partial charge in [0.15, 0.2) is 16.1 Å². The summed E-state index contributed by atoms with van der Waals surface area (Å²) in [5.41, 5.74) is 3.75. The number of carbonyl (C=O) groups is 1. The molecule has 0 radical (unpaired) electrons. The molecule has 0 saturated heterocycles. The van der Waals surface area contributed by atoms with Gasteiger partial charge in [0, 0.05) is 28.4 Å². The van der Waals surface area contributed by atoms with Crippen LogP contribution < -0.4 is 0 Å². The van der Waals surface area contributed by atoms with Gasteiger partial charge >= 0.3 is 0 Å². The normalized spacial score (nSPS) is 15.2. The molecule has 29 heavy (non-hydrogen) atoms. The van der Waals surface area contributed by atoms with Gasteiger partial charge in [0.1, 0.15) is 5.82 Å². The van der Waals surface area contributed by atoms with Crippen LogP contribution in [-0.4, -0.2) is 35.9 Å². The number of Topliss-reactive ketones (excluding diaryl/α,β-unsaturated/α-hetero) is 1. The maximum absolute atomic E-state index is 13.0. The smallest absolute Gasteiger partial charge is 0.194 e. The molecule has 0 unspecified atom stereocenters. The van der Waals surface area contributed by atoms with E-state index in [1.165, 1.54) is 43.9 Å². The van der Waals surface area contributed by atoms with Gasteiger partial charge in [-0.3, -0.25) is 9.36 Å². The van der Waals surface area contributed by atoms with Crippen LogP contribution in [0.5, 0.6) is 0 Å². The Labute approximate surface area is 179 Å². The topological polar surface area (TPSA) is 65.6 Å². The molecule has 0 bridgehead atoms. The third-order valence-electron chi connectivity index (χ3n) is 5.64. The molecule has 8 heteroatoms. The lowest BCUT2D eigenvalue weighted by atomic mass is 9.95. The monoisotopic (exact) mass is 429 g/mol. The van der Waals surface area contributed by atoms with Crippen LogP contribution in [0, 0.1) is 27.7 Å². The molecule has 3 aromatic heterocycles. The Balaban J connectivity index is 1.51. The molecule has 3 heterocycles. The zero-order valence-electron chi connectivity index (χ0n) is 17.4. The van der Waals surface area contributed by atoms with Crippen molar-refractivity contribution in [2.45, 2.75) is 71.0 Å². The van der Waals surface area contributed by atoms with Crippen molar-refractivity contribution in [3.05, 3.63) is 39.9 Å². The van der Waals surface area contributed by atoms with Crippen LogP contribution in [0.4, 0.5) is 0 Å². The number of nitrogens with zero attached hydrogens (tertiary/aromatic N) is 5. The summed E-state index contributed by atoms with van der Waals surface area (Å²) >= 11 is 3.11. The molecule has 0 N–H and O–H groups in total. The average molecular weight is 430 g/mol. The standard InChI is InChI=1S/C21H27N5OS2/c1-13-11-28-20(22-13)25-14(2)10-18(15(25)3)19(27)12-29-21-24-23-16(4)26(21)17-8-6-5-7-9-17/h10-11,17H,5-9,12H2,1-4H3. The summed E-state index contributed by atoms with van der Waals surface area (Å²) in [6.45, 7) is 8.02. The number of carbonyl (C=O) groups excluding carboxylic acids is 1. The lowest BCUT2D eigenvalue weighted by Gasteiger charge is -2.24. The minimum absolute atomic E-state index is 0.124. The number of hydrogen-bond donors (Lipinski definition) is 0. The van der Waals surface area contributed by atoms with Gasteiger partial charge in [-0.1, -0.05) is 31.0 Å². The lowest BCUT2D eigenvalue weighted by molar-refractivity contribution is 0.102. The summed E-state index contributed by atoms with van der Waals surface area (Å²) in [4.78, 5) is 17.6. The largest absolute Gasteiger partial charge is 0.303 e. The molecule has 1 fully saturated rings. The van der Waals surface area contributed by atoms with Gasteiger partial charge in [0.2, 0.25) is 0 Å². The van der Waals surface area contributed by atoms with Gasteiger partial charge in [-0.2, -0.15) is 0 Å². The van der Waals surface area contributed by atoms with Crippen LogP contribution in [0.3, 0.4) is 0 Å². The van der Waals surface area contributed by atoms with Crippen LogP contribution in [0.15, 0.2) is 16.6 Å². The predicted molar refractivity (Wildman–Crippen MR) is 118 cm³/mol. The Morgan fingerprint density at radius 1 is 1.17 bits per heavy atom. The number of thioether (sulfide) groups is 1. The molecular formula is C21H27N5OS2. The minimum Gasteiger partial charge on any atom is -0.303 e. The lowest BCUT2D eigenvalue weighted by Crippen LogP contribution is -2.15. The first-order valence-electron chi connectivity index (χ1n) is 10.1. The van der Waals surface area contributed by atoms with Gasteiger partial charge in [-0.15, -0.1) is 21.5 Å². The first kappa shape index (κ1) is 20.3. The van der Waals surface area contributed by atoms with Gasteiger partial charge < -0.3 is 4.57 Å². The first-order valence-corrected chi connectivity index (χ1v) is 12.0. The van der Waals surface area contributed by atoms with E-state index in [9.17, 15) is 4.79 Å². The molecule has 6 nitrogen and oxygen atoms in total. The summed E-state index contributed by atoms with van der Waals surface area (Å²) in [7, 11) is 0. The second kappa shape index (κ2) is 8.44. The van der Waals surface area contributed by atoms with E-state index in [0.717, 1.165) is 38.8 Å². The van der Waals surface area contributed by atoms with Crippen LogP contribution >= 0.6 is 23.1 Å². The van der Waals surface area contributed by atoms with E-state index in [2.05, 4.69) is 24.3 Å². The summed E-state index contributed by atoms with van der Waals surface area (Å²) in [6, 6.07) is 2.45. The van der Waals surface area contributed by atoms with E-state index in [1.54, 1.807) is 11.3 Å². The molecule has 1 aliphatic carbocycles. The molecule has 0 aromatic carbocycles. The molecule has 1 saturated carbocycles. The van der Waals surface area contributed by atoms with Crippen LogP contribution in [-0.2, 0) is 0 Å². The molecule has 0 aliphatic heterocycles. The highest BCUT2D eigenvalue weighted by Gasteiger charge is 2.23. The number of rotatable bonds is 6. The summed E-state index contributed by atoms with van der Waals surface area (Å²) < 4.78 is 4.32. The zero-order valence-corrected chi connectivity index (χ0v) is 19.1.